The molecule has 15 heavy (non-hydrogen) atoms. The smallest absolute Gasteiger partial charge is 0.318 e. The van der Waals surface area contributed by atoms with Gasteiger partial charge in [0, 0.05) is 12.0 Å². The average Bonchev–Trinajstić information content (AvgIpc) is 2.65. The zero-order valence-corrected chi connectivity index (χ0v) is 8.30. The van der Waals surface area contributed by atoms with Gasteiger partial charge in [0.25, 0.3) is 0 Å². The molecule has 0 aliphatic heterocycles. The minimum absolute atomic E-state index is 0.0832. The van der Waals surface area contributed by atoms with Crippen LogP contribution in [0.5, 0.6) is 5.75 Å². The van der Waals surface area contributed by atoms with Crippen LogP contribution in [0.3, 0.4) is 0 Å². The molecule has 0 aliphatic carbocycles. The van der Waals surface area contributed by atoms with Crippen molar-refractivity contribution in [3.8, 4) is 5.75 Å². The van der Waals surface area contributed by atoms with Crippen molar-refractivity contribution in [3.05, 3.63) is 35.7 Å². The summed E-state index contributed by atoms with van der Waals surface area (Å²) in [6.45, 7) is 0. The van der Waals surface area contributed by atoms with Gasteiger partial charge >= 0.3 is 6.01 Å². The molecule has 2 N–H and O–H groups in total. The lowest BCUT2D eigenvalue weighted by atomic mass is 10.1. The Balaban J connectivity index is 2.23. The fourth-order valence-corrected chi connectivity index (χ4v) is 1.36. The molecule has 1 heterocycles. The first-order valence-corrected chi connectivity index (χ1v) is 4.49. The molecule has 0 spiro atoms. The van der Waals surface area contributed by atoms with Crippen LogP contribution in [-0.4, -0.2) is 17.3 Å². The predicted molar refractivity (Wildman–Crippen MR) is 54.5 cm³/mol. The second-order valence-electron chi connectivity index (χ2n) is 3.04. The Morgan fingerprint density at radius 2 is 2.20 bits per heavy atom. The summed E-state index contributed by atoms with van der Waals surface area (Å²) in [6, 6.07) is 7.76. The van der Waals surface area contributed by atoms with Crippen LogP contribution in [0.4, 0.5) is 6.01 Å². The number of benzene rings is 1. The second-order valence-corrected chi connectivity index (χ2v) is 3.04. The van der Waals surface area contributed by atoms with E-state index in [4.69, 9.17) is 10.5 Å². The Morgan fingerprint density at radius 3 is 2.87 bits per heavy atom. The van der Waals surface area contributed by atoms with Gasteiger partial charge in [0.1, 0.15) is 5.75 Å². The zero-order valence-electron chi connectivity index (χ0n) is 8.30. The van der Waals surface area contributed by atoms with Crippen LogP contribution in [0.2, 0.25) is 0 Å². The highest BCUT2D eigenvalue weighted by molar-refractivity contribution is 5.35. The number of anilines is 1. The molecular weight excluding hydrogens is 194 g/mol. The third-order valence-corrected chi connectivity index (χ3v) is 2.02. The summed E-state index contributed by atoms with van der Waals surface area (Å²) in [4.78, 5) is 3.93. The van der Waals surface area contributed by atoms with Crippen molar-refractivity contribution < 1.29 is 9.26 Å². The topological polar surface area (TPSA) is 74.2 Å². The van der Waals surface area contributed by atoms with Gasteiger partial charge in [-0.05, 0) is 6.07 Å². The molecule has 0 saturated carbocycles. The number of hydrogen-bond acceptors (Lipinski definition) is 5. The predicted octanol–water partition coefficient (Wildman–Crippen LogP) is 1.25. The molecule has 0 radical (unpaired) electrons. The monoisotopic (exact) mass is 205 g/mol. The van der Waals surface area contributed by atoms with Gasteiger partial charge in [0.2, 0.25) is 0 Å². The summed E-state index contributed by atoms with van der Waals surface area (Å²) < 4.78 is 9.89. The lowest BCUT2D eigenvalue weighted by molar-refractivity contribution is 0.408. The molecule has 2 aromatic rings. The molecule has 0 amide bonds. The molecule has 0 atom stereocenters. The number of nitrogens with two attached hydrogens (primary N) is 1. The lowest BCUT2D eigenvalue weighted by Gasteiger charge is -2.04. The minimum atomic E-state index is 0.0832. The van der Waals surface area contributed by atoms with Crippen molar-refractivity contribution >= 4 is 6.01 Å². The molecule has 0 fully saturated rings. The Hall–Kier alpha value is -2.04. The molecule has 0 saturated heterocycles. The summed E-state index contributed by atoms with van der Waals surface area (Å²) in [5.41, 5.74) is 6.33. The fraction of sp³-hybridized carbons (Fsp3) is 0.200. The Kier molecular flexibility index (Phi) is 2.53. The Bertz CT molecular complexity index is 453. The molecule has 0 unspecified atom stereocenters. The lowest BCUT2D eigenvalue weighted by Crippen LogP contribution is -1.95. The minimum Gasteiger partial charge on any atom is -0.496 e. The second kappa shape index (κ2) is 4.00. The van der Waals surface area contributed by atoms with Gasteiger partial charge in [-0.3, -0.25) is 0 Å². The van der Waals surface area contributed by atoms with Gasteiger partial charge in [0.05, 0.1) is 7.11 Å². The molecule has 5 heteroatoms. The van der Waals surface area contributed by atoms with Gasteiger partial charge in [-0.15, -0.1) is 0 Å². The van der Waals surface area contributed by atoms with Crippen LogP contribution in [0.25, 0.3) is 0 Å². The van der Waals surface area contributed by atoms with Crippen LogP contribution < -0.4 is 10.5 Å². The number of para-hydroxylation sites is 1. The maximum absolute atomic E-state index is 5.33. The highest BCUT2D eigenvalue weighted by atomic mass is 16.5. The van der Waals surface area contributed by atoms with Gasteiger partial charge in [0.15, 0.2) is 5.82 Å². The van der Waals surface area contributed by atoms with Crippen LogP contribution in [-0.2, 0) is 6.42 Å². The molecule has 78 valence electrons. The standard InChI is InChI=1S/C10H11N3O2/c1-14-8-5-3-2-4-7(8)6-9-12-10(11)15-13-9/h2-5H,6H2,1H3,(H2,11,12,13). The fourth-order valence-electron chi connectivity index (χ4n) is 1.36. The SMILES string of the molecule is COc1ccccc1Cc1noc(N)n1. The zero-order chi connectivity index (χ0) is 10.7. The molecule has 5 nitrogen and oxygen atoms in total. The van der Waals surface area contributed by atoms with Crippen LogP contribution >= 0.6 is 0 Å². The van der Waals surface area contributed by atoms with Crippen molar-refractivity contribution in [1.29, 1.82) is 0 Å². The number of rotatable bonds is 3. The van der Waals surface area contributed by atoms with E-state index in [0.717, 1.165) is 11.3 Å². The number of nitrogens with zero attached hydrogens (tertiary/aromatic N) is 2. The molecule has 1 aromatic carbocycles. The first-order chi connectivity index (χ1) is 7.29. The van der Waals surface area contributed by atoms with Gasteiger partial charge < -0.3 is 15.0 Å². The van der Waals surface area contributed by atoms with E-state index in [2.05, 4.69) is 14.7 Å². The summed E-state index contributed by atoms with van der Waals surface area (Å²) >= 11 is 0. The highest BCUT2D eigenvalue weighted by Gasteiger charge is 2.07. The van der Waals surface area contributed by atoms with Crippen molar-refractivity contribution in [2.24, 2.45) is 0 Å². The van der Waals surface area contributed by atoms with E-state index in [9.17, 15) is 0 Å². The summed E-state index contributed by atoms with van der Waals surface area (Å²) in [5, 5.41) is 3.72. The molecule has 0 aliphatic rings. The molecule has 1 aromatic heterocycles. The van der Waals surface area contributed by atoms with Crippen molar-refractivity contribution in [2.45, 2.75) is 6.42 Å². The molecular formula is C10H11N3O2. The maximum Gasteiger partial charge on any atom is 0.318 e. The summed E-state index contributed by atoms with van der Waals surface area (Å²) in [5.74, 6) is 1.36. The van der Waals surface area contributed by atoms with Gasteiger partial charge in [-0.1, -0.05) is 23.4 Å². The van der Waals surface area contributed by atoms with E-state index < -0.39 is 0 Å². The number of methoxy groups -OCH3 is 1. The maximum atomic E-state index is 5.33. The first kappa shape index (κ1) is 9.51. The van der Waals surface area contributed by atoms with E-state index in [1.54, 1.807) is 7.11 Å². The largest absolute Gasteiger partial charge is 0.496 e. The van der Waals surface area contributed by atoms with Crippen LogP contribution in [0, 0.1) is 0 Å². The van der Waals surface area contributed by atoms with E-state index in [1.807, 2.05) is 24.3 Å². The first-order valence-electron chi connectivity index (χ1n) is 4.49. The molecule has 0 bridgehead atoms. The molecule has 2 rings (SSSR count). The quantitative estimate of drug-likeness (QED) is 0.816. The summed E-state index contributed by atoms with van der Waals surface area (Å²) in [6.07, 6.45) is 0.546. The third-order valence-electron chi connectivity index (χ3n) is 2.02. The number of aromatic nitrogens is 2. The van der Waals surface area contributed by atoms with E-state index in [0.29, 0.717) is 12.2 Å². The number of hydrogen-bond donors (Lipinski definition) is 1. The highest BCUT2D eigenvalue weighted by Crippen LogP contribution is 2.19. The Labute approximate surface area is 86.9 Å². The van der Waals surface area contributed by atoms with Crippen LogP contribution in [0.15, 0.2) is 28.8 Å². The van der Waals surface area contributed by atoms with Crippen molar-refractivity contribution in [2.75, 3.05) is 12.8 Å². The summed E-state index contributed by atoms with van der Waals surface area (Å²) in [7, 11) is 1.63. The van der Waals surface area contributed by atoms with E-state index >= 15 is 0 Å². The van der Waals surface area contributed by atoms with E-state index in [-0.39, 0.29) is 6.01 Å². The van der Waals surface area contributed by atoms with Gasteiger partial charge in [-0.25, -0.2) is 0 Å². The van der Waals surface area contributed by atoms with Crippen molar-refractivity contribution in [1.82, 2.24) is 10.1 Å². The third kappa shape index (κ3) is 2.07. The van der Waals surface area contributed by atoms with Crippen LogP contribution in [0.1, 0.15) is 11.4 Å². The van der Waals surface area contributed by atoms with Gasteiger partial charge in [-0.2, -0.15) is 4.98 Å². The number of nitrogen functional groups attached to an aromatic ring is 1. The Morgan fingerprint density at radius 1 is 1.40 bits per heavy atom. The number of ether oxygens (including phenoxy) is 1. The average molecular weight is 205 g/mol. The van der Waals surface area contributed by atoms with E-state index in [1.165, 1.54) is 0 Å². The van der Waals surface area contributed by atoms with Crippen molar-refractivity contribution in [3.63, 3.8) is 0 Å². The normalized spacial score (nSPS) is 10.2.